The number of carbonyl (C=O) groups excluding carboxylic acids is 1. The van der Waals surface area contributed by atoms with Crippen LogP contribution in [0.25, 0.3) is 10.9 Å². The average Bonchev–Trinajstić information content (AvgIpc) is 3.02. The number of aromatic nitrogens is 1. The number of unbranched alkanes of at least 4 members (excludes halogenated alkanes) is 1. The first-order valence-electron chi connectivity index (χ1n) is 9.04. The van der Waals surface area contributed by atoms with Crippen LogP contribution in [-0.2, 0) is 11.2 Å². The number of terminal acetylenes is 1. The fourth-order valence-electron chi connectivity index (χ4n) is 3.20. The maximum Gasteiger partial charge on any atom is 0.307 e. The molecule has 0 saturated carbocycles. The van der Waals surface area contributed by atoms with Gasteiger partial charge in [0.2, 0.25) is 0 Å². The minimum absolute atomic E-state index is 0.0826. The number of nitrogens with zero attached hydrogens (tertiary/aromatic N) is 1. The highest BCUT2D eigenvalue weighted by molar-refractivity contribution is 6.04. The van der Waals surface area contributed by atoms with Crippen molar-refractivity contribution in [1.82, 2.24) is 4.57 Å². The van der Waals surface area contributed by atoms with Gasteiger partial charge < -0.3 is 9.84 Å². The molecule has 5 heteroatoms. The van der Waals surface area contributed by atoms with E-state index < -0.39 is 5.97 Å². The predicted molar refractivity (Wildman–Crippen MR) is 108 cm³/mol. The minimum atomic E-state index is -0.901. The van der Waals surface area contributed by atoms with Crippen LogP contribution in [0.5, 0.6) is 5.75 Å². The number of rotatable bonds is 7. The Bertz CT molecular complexity index is 1050. The van der Waals surface area contributed by atoms with Crippen LogP contribution in [0.2, 0.25) is 0 Å². The maximum atomic E-state index is 13.1. The van der Waals surface area contributed by atoms with Crippen molar-refractivity contribution in [2.24, 2.45) is 0 Å². The molecule has 0 atom stereocenters. The van der Waals surface area contributed by atoms with E-state index >= 15 is 0 Å². The van der Waals surface area contributed by atoms with Gasteiger partial charge in [0, 0.05) is 23.1 Å². The normalized spacial score (nSPS) is 10.6. The fraction of sp³-hybridized carbons (Fsp3) is 0.217. The molecule has 0 aliphatic carbocycles. The highest BCUT2D eigenvalue weighted by Crippen LogP contribution is 2.25. The zero-order valence-corrected chi connectivity index (χ0v) is 15.6. The van der Waals surface area contributed by atoms with E-state index in [1.54, 1.807) is 41.0 Å². The smallest absolute Gasteiger partial charge is 0.307 e. The summed E-state index contributed by atoms with van der Waals surface area (Å²) < 4.78 is 7.23. The van der Waals surface area contributed by atoms with Crippen molar-refractivity contribution in [2.75, 3.05) is 6.61 Å². The first-order valence-corrected chi connectivity index (χ1v) is 9.04. The number of ether oxygens (including phenoxy) is 1. The summed E-state index contributed by atoms with van der Waals surface area (Å²) in [6.45, 7) is 2.37. The van der Waals surface area contributed by atoms with Gasteiger partial charge in [-0.05, 0) is 55.3 Å². The zero-order valence-electron chi connectivity index (χ0n) is 15.6. The molecule has 1 aromatic heterocycles. The monoisotopic (exact) mass is 375 g/mol. The van der Waals surface area contributed by atoms with E-state index in [1.165, 1.54) is 0 Å². The van der Waals surface area contributed by atoms with Crippen LogP contribution in [0.15, 0.2) is 48.5 Å². The third-order valence-corrected chi connectivity index (χ3v) is 4.50. The van der Waals surface area contributed by atoms with Crippen molar-refractivity contribution in [2.45, 2.75) is 26.2 Å². The van der Waals surface area contributed by atoms with Crippen molar-refractivity contribution < 1.29 is 19.4 Å². The molecule has 0 radical (unpaired) electrons. The van der Waals surface area contributed by atoms with Gasteiger partial charge in [0.15, 0.2) is 0 Å². The van der Waals surface area contributed by atoms with Crippen LogP contribution in [0, 0.1) is 19.3 Å². The lowest BCUT2D eigenvalue weighted by Gasteiger charge is -2.09. The molecule has 2 aromatic carbocycles. The van der Waals surface area contributed by atoms with Gasteiger partial charge in [-0.15, -0.1) is 12.3 Å². The summed E-state index contributed by atoms with van der Waals surface area (Å²) in [7, 11) is 0. The van der Waals surface area contributed by atoms with Crippen LogP contribution in [-0.4, -0.2) is 28.2 Å². The molecular formula is C23H21NO4. The standard InChI is InChI=1S/C23H21NO4/c1-3-4-5-13-28-19-11-9-17(10-12-19)23(27)24-16(2)14-20-18(15-22(25)26)7-6-8-21(20)24/h1,6-12,14H,4-5,13,15H2,2H3,(H,25,26). The Labute approximate surface area is 163 Å². The molecule has 28 heavy (non-hydrogen) atoms. The molecule has 0 saturated heterocycles. The van der Waals surface area contributed by atoms with Gasteiger partial charge >= 0.3 is 5.97 Å². The number of hydrogen-bond acceptors (Lipinski definition) is 3. The lowest BCUT2D eigenvalue weighted by atomic mass is 10.1. The Morgan fingerprint density at radius 2 is 1.93 bits per heavy atom. The molecule has 0 amide bonds. The molecule has 0 aliphatic rings. The molecule has 1 N–H and O–H groups in total. The molecule has 0 fully saturated rings. The second-order valence-corrected chi connectivity index (χ2v) is 6.53. The number of aryl methyl sites for hydroxylation is 1. The Morgan fingerprint density at radius 3 is 2.61 bits per heavy atom. The van der Waals surface area contributed by atoms with Crippen molar-refractivity contribution in [3.63, 3.8) is 0 Å². The predicted octanol–water partition coefficient (Wildman–Crippen LogP) is 4.06. The molecule has 0 aliphatic heterocycles. The van der Waals surface area contributed by atoms with Gasteiger partial charge in [-0.3, -0.25) is 14.2 Å². The highest BCUT2D eigenvalue weighted by Gasteiger charge is 2.17. The number of carboxylic acids is 1. The molecule has 0 bridgehead atoms. The third-order valence-electron chi connectivity index (χ3n) is 4.50. The Hall–Kier alpha value is -3.52. The van der Waals surface area contributed by atoms with E-state index in [2.05, 4.69) is 5.92 Å². The van der Waals surface area contributed by atoms with Crippen LogP contribution in [0.1, 0.15) is 34.5 Å². The van der Waals surface area contributed by atoms with Crippen LogP contribution in [0.3, 0.4) is 0 Å². The molecule has 1 heterocycles. The van der Waals surface area contributed by atoms with Gasteiger partial charge in [-0.25, -0.2) is 0 Å². The first kappa shape index (κ1) is 19.2. The molecule has 0 unspecified atom stereocenters. The number of aliphatic carboxylic acids is 1. The van der Waals surface area contributed by atoms with Crippen molar-refractivity contribution >= 4 is 22.8 Å². The van der Waals surface area contributed by atoms with Gasteiger partial charge in [0.25, 0.3) is 5.91 Å². The fourth-order valence-corrected chi connectivity index (χ4v) is 3.20. The van der Waals surface area contributed by atoms with Gasteiger partial charge in [-0.2, -0.15) is 0 Å². The van der Waals surface area contributed by atoms with E-state index in [4.69, 9.17) is 16.3 Å². The molecular weight excluding hydrogens is 354 g/mol. The van der Waals surface area contributed by atoms with Gasteiger partial charge in [0.1, 0.15) is 5.75 Å². The number of benzene rings is 2. The van der Waals surface area contributed by atoms with E-state index in [-0.39, 0.29) is 12.3 Å². The quantitative estimate of drug-likeness (QED) is 0.499. The topological polar surface area (TPSA) is 68.5 Å². The Morgan fingerprint density at radius 1 is 1.18 bits per heavy atom. The Kier molecular flexibility index (Phi) is 5.81. The maximum absolute atomic E-state index is 13.1. The third kappa shape index (κ3) is 4.07. The number of carbonyl (C=O) groups is 2. The minimum Gasteiger partial charge on any atom is -0.494 e. The summed E-state index contributed by atoms with van der Waals surface area (Å²) in [6, 6.07) is 14.2. The molecule has 5 nitrogen and oxygen atoms in total. The summed E-state index contributed by atoms with van der Waals surface area (Å²) >= 11 is 0. The number of carboxylic acid groups (broad SMARTS) is 1. The van der Waals surface area contributed by atoms with Crippen molar-refractivity contribution in [3.8, 4) is 18.1 Å². The first-order chi connectivity index (χ1) is 13.5. The number of fused-ring (bicyclic) bond motifs is 1. The van der Waals surface area contributed by atoms with Crippen LogP contribution >= 0.6 is 0 Å². The molecule has 3 aromatic rings. The number of hydrogen-bond donors (Lipinski definition) is 1. The highest BCUT2D eigenvalue weighted by atomic mass is 16.5. The SMILES string of the molecule is C#CCCCOc1ccc(C(=O)n2c(C)cc3c(CC(=O)O)cccc32)cc1. The van der Waals surface area contributed by atoms with Crippen molar-refractivity contribution in [1.29, 1.82) is 0 Å². The average molecular weight is 375 g/mol. The van der Waals surface area contributed by atoms with Crippen LogP contribution < -0.4 is 4.74 Å². The zero-order chi connectivity index (χ0) is 20.1. The van der Waals surface area contributed by atoms with Gasteiger partial charge in [-0.1, -0.05) is 12.1 Å². The van der Waals surface area contributed by atoms with Crippen LogP contribution in [0.4, 0.5) is 0 Å². The summed E-state index contributed by atoms with van der Waals surface area (Å²) in [5, 5.41) is 9.89. The second kappa shape index (κ2) is 8.45. The van der Waals surface area contributed by atoms with E-state index in [0.29, 0.717) is 35.4 Å². The van der Waals surface area contributed by atoms with E-state index in [1.807, 2.05) is 19.1 Å². The molecule has 3 rings (SSSR count). The summed E-state index contributed by atoms with van der Waals surface area (Å²) in [4.78, 5) is 24.2. The second-order valence-electron chi connectivity index (χ2n) is 6.53. The van der Waals surface area contributed by atoms with Gasteiger partial charge in [0.05, 0.1) is 18.5 Å². The summed E-state index contributed by atoms with van der Waals surface area (Å²) in [6.07, 6.45) is 6.58. The van der Waals surface area contributed by atoms with E-state index in [0.717, 1.165) is 17.5 Å². The molecule has 0 spiro atoms. The lowest BCUT2D eigenvalue weighted by molar-refractivity contribution is -0.136. The summed E-state index contributed by atoms with van der Waals surface area (Å²) in [5.74, 6) is 2.19. The summed E-state index contributed by atoms with van der Waals surface area (Å²) in [5.41, 5.74) is 2.68. The Balaban J connectivity index is 1.86. The molecule has 142 valence electrons. The van der Waals surface area contributed by atoms with Crippen molar-refractivity contribution in [3.05, 3.63) is 65.4 Å². The largest absolute Gasteiger partial charge is 0.494 e. The lowest BCUT2D eigenvalue weighted by Crippen LogP contribution is -2.13. The van der Waals surface area contributed by atoms with E-state index in [9.17, 15) is 9.59 Å².